The van der Waals surface area contributed by atoms with Crippen molar-refractivity contribution in [3.8, 4) is 5.75 Å². The van der Waals surface area contributed by atoms with Crippen molar-refractivity contribution >= 4 is 0 Å². The highest BCUT2D eigenvalue weighted by Gasteiger charge is 2.02. The summed E-state index contributed by atoms with van der Waals surface area (Å²) in [5.41, 5.74) is 2.05. The van der Waals surface area contributed by atoms with Crippen molar-refractivity contribution in [2.45, 2.75) is 19.9 Å². The van der Waals surface area contributed by atoms with Crippen LogP contribution < -0.4 is 10.1 Å². The molecule has 0 fully saturated rings. The lowest BCUT2D eigenvalue weighted by Gasteiger charge is -2.09. The number of nitrogens with zero attached hydrogens (tertiary/aromatic N) is 1. The van der Waals surface area contributed by atoms with Crippen molar-refractivity contribution in [2.75, 3.05) is 13.2 Å². The molecule has 1 aromatic carbocycles. The highest BCUT2D eigenvalue weighted by atomic mass is 19.1. The normalized spacial score (nSPS) is 10.5. The first-order valence-electron chi connectivity index (χ1n) is 6.80. The average Bonchev–Trinajstić information content (AvgIpc) is 2.46. The Hall–Kier alpha value is -1.94. The minimum atomic E-state index is -0.265. The summed E-state index contributed by atoms with van der Waals surface area (Å²) in [7, 11) is 0. The Kier molecular flexibility index (Phi) is 5.50. The quantitative estimate of drug-likeness (QED) is 0.843. The van der Waals surface area contributed by atoms with E-state index < -0.39 is 0 Å². The Labute approximate surface area is 118 Å². The van der Waals surface area contributed by atoms with Crippen molar-refractivity contribution in [3.05, 3.63) is 59.7 Å². The van der Waals surface area contributed by atoms with E-state index in [1.807, 2.05) is 25.1 Å². The monoisotopic (exact) mass is 274 g/mol. The first-order valence-corrected chi connectivity index (χ1v) is 6.80. The van der Waals surface area contributed by atoms with Gasteiger partial charge in [0.25, 0.3) is 0 Å². The van der Waals surface area contributed by atoms with E-state index in [2.05, 4.69) is 10.3 Å². The largest absolute Gasteiger partial charge is 0.493 e. The third-order valence-electron chi connectivity index (χ3n) is 2.92. The van der Waals surface area contributed by atoms with Crippen LogP contribution in [-0.4, -0.2) is 18.1 Å². The number of hydrogen-bond donors (Lipinski definition) is 1. The maximum atomic E-state index is 13.5. The number of benzene rings is 1. The molecule has 0 amide bonds. The van der Waals surface area contributed by atoms with Gasteiger partial charge in [-0.2, -0.15) is 0 Å². The lowest BCUT2D eigenvalue weighted by molar-refractivity contribution is 0.319. The summed E-state index contributed by atoms with van der Waals surface area (Å²) in [6, 6.07) is 8.72. The van der Waals surface area contributed by atoms with E-state index in [0.29, 0.717) is 18.9 Å². The lowest BCUT2D eigenvalue weighted by Crippen LogP contribution is -2.12. The average molecular weight is 274 g/mol. The zero-order chi connectivity index (χ0) is 14.2. The number of rotatable bonds is 7. The molecule has 0 atom stereocenters. The Morgan fingerprint density at radius 1 is 1.15 bits per heavy atom. The van der Waals surface area contributed by atoms with Crippen molar-refractivity contribution in [1.29, 1.82) is 0 Å². The zero-order valence-electron chi connectivity index (χ0n) is 11.6. The van der Waals surface area contributed by atoms with Crippen LogP contribution in [0, 0.1) is 5.82 Å². The van der Waals surface area contributed by atoms with Crippen LogP contribution >= 0.6 is 0 Å². The Bertz CT molecular complexity index is 531. The second-order valence-electron chi connectivity index (χ2n) is 4.53. The minimum absolute atomic E-state index is 0.265. The SMILES string of the molecule is CCNCc1cc(F)cc(OCCc2ccncc2)c1. The third-order valence-corrected chi connectivity index (χ3v) is 2.92. The molecule has 0 saturated carbocycles. The van der Waals surface area contributed by atoms with Gasteiger partial charge in [0.05, 0.1) is 6.61 Å². The van der Waals surface area contributed by atoms with Crippen LogP contribution in [0.5, 0.6) is 5.75 Å². The van der Waals surface area contributed by atoms with E-state index in [-0.39, 0.29) is 5.82 Å². The number of pyridine rings is 1. The van der Waals surface area contributed by atoms with Crippen LogP contribution in [0.3, 0.4) is 0 Å². The highest BCUT2D eigenvalue weighted by molar-refractivity contribution is 5.29. The van der Waals surface area contributed by atoms with Crippen molar-refractivity contribution in [2.24, 2.45) is 0 Å². The summed E-state index contributed by atoms with van der Waals surface area (Å²) >= 11 is 0. The minimum Gasteiger partial charge on any atom is -0.493 e. The van der Waals surface area contributed by atoms with E-state index in [9.17, 15) is 4.39 Å². The van der Waals surface area contributed by atoms with E-state index in [1.165, 1.54) is 12.1 Å². The fourth-order valence-electron chi connectivity index (χ4n) is 1.91. The number of aromatic nitrogens is 1. The van der Waals surface area contributed by atoms with Gasteiger partial charge in [-0.15, -0.1) is 0 Å². The molecule has 0 spiro atoms. The van der Waals surface area contributed by atoms with Gasteiger partial charge in [-0.25, -0.2) is 4.39 Å². The van der Waals surface area contributed by atoms with E-state index in [0.717, 1.165) is 24.1 Å². The van der Waals surface area contributed by atoms with Crippen molar-refractivity contribution in [1.82, 2.24) is 10.3 Å². The van der Waals surface area contributed by atoms with Gasteiger partial charge in [-0.1, -0.05) is 6.92 Å². The molecule has 2 aromatic rings. The number of nitrogens with one attached hydrogen (secondary N) is 1. The molecule has 0 aliphatic carbocycles. The highest BCUT2D eigenvalue weighted by Crippen LogP contribution is 2.17. The van der Waals surface area contributed by atoms with E-state index in [4.69, 9.17) is 4.74 Å². The summed E-state index contributed by atoms with van der Waals surface area (Å²) in [5.74, 6) is 0.311. The smallest absolute Gasteiger partial charge is 0.127 e. The molecule has 1 N–H and O–H groups in total. The van der Waals surface area contributed by atoms with Crippen LogP contribution in [-0.2, 0) is 13.0 Å². The molecular weight excluding hydrogens is 255 g/mol. The molecular formula is C16H19FN2O. The number of hydrogen-bond acceptors (Lipinski definition) is 3. The van der Waals surface area contributed by atoms with Crippen LogP contribution in [0.4, 0.5) is 4.39 Å². The van der Waals surface area contributed by atoms with Gasteiger partial charge in [-0.3, -0.25) is 4.98 Å². The van der Waals surface area contributed by atoms with Crippen LogP contribution in [0.15, 0.2) is 42.7 Å². The molecule has 0 aliphatic rings. The summed E-state index contributed by atoms with van der Waals surface area (Å²) in [4.78, 5) is 3.97. The molecule has 20 heavy (non-hydrogen) atoms. The van der Waals surface area contributed by atoms with Crippen LogP contribution in [0.25, 0.3) is 0 Å². The van der Waals surface area contributed by atoms with Crippen LogP contribution in [0.1, 0.15) is 18.1 Å². The number of ether oxygens (including phenoxy) is 1. The Morgan fingerprint density at radius 2 is 1.95 bits per heavy atom. The molecule has 0 aliphatic heterocycles. The summed E-state index contributed by atoms with van der Waals surface area (Å²) < 4.78 is 19.1. The predicted octanol–water partition coefficient (Wildman–Crippen LogP) is 2.95. The second-order valence-corrected chi connectivity index (χ2v) is 4.53. The number of halogens is 1. The molecule has 0 saturated heterocycles. The molecule has 1 heterocycles. The first-order chi connectivity index (χ1) is 9.78. The first kappa shape index (κ1) is 14.5. The summed E-state index contributed by atoms with van der Waals surface area (Å²) in [6.07, 6.45) is 4.29. The Morgan fingerprint density at radius 3 is 2.70 bits per heavy atom. The van der Waals surface area contributed by atoms with Gasteiger partial charge in [0.2, 0.25) is 0 Å². The third kappa shape index (κ3) is 4.63. The second kappa shape index (κ2) is 7.60. The zero-order valence-corrected chi connectivity index (χ0v) is 11.6. The van der Waals surface area contributed by atoms with E-state index >= 15 is 0 Å². The van der Waals surface area contributed by atoms with Crippen molar-refractivity contribution in [3.63, 3.8) is 0 Å². The topological polar surface area (TPSA) is 34.1 Å². The van der Waals surface area contributed by atoms with Crippen molar-refractivity contribution < 1.29 is 9.13 Å². The molecule has 106 valence electrons. The summed E-state index contributed by atoms with van der Waals surface area (Å²) in [6.45, 7) is 4.04. The fraction of sp³-hybridized carbons (Fsp3) is 0.312. The van der Waals surface area contributed by atoms with Crippen LogP contribution in [0.2, 0.25) is 0 Å². The Balaban J connectivity index is 1.90. The maximum absolute atomic E-state index is 13.5. The fourth-order valence-corrected chi connectivity index (χ4v) is 1.91. The molecule has 0 bridgehead atoms. The molecule has 3 nitrogen and oxygen atoms in total. The van der Waals surface area contributed by atoms with Gasteiger partial charge in [-0.05, 0) is 41.9 Å². The van der Waals surface area contributed by atoms with Gasteiger partial charge < -0.3 is 10.1 Å². The molecule has 0 unspecified atom stereocenters. The van der Waals surface area contributed by atoms with Gasteiger partial charge >= 0.3 is 0 Å². The summed E-state index contributed by atoms with van der Waals surface area (Å²) in [5, 5.41) is 3.17. The standard InChI is InChI=1S/C16H19FN2O/c1-2-18-12-14-9-15(17)11-16(10-14)20-8-5-13-3-6-19-7-4-13/h3-4,6-7,9-11,18H,2,5,8,12H2,1H3. The van der Waals surface area contributed by atoms with Gasteiger partial charge in [0.1, 0.15) is 11.6 Å². The van der Waals surface area contributed by atoms with Gasteiger partial charge in [0, 0.05) is 31.4 Å². The molecule has 1 aromatic heterocycles. The maximum Gasteiger partial charge on any atom is 0.127 e. The molecule has 4 heteroatoms. The predicted molar refractivity (Wildman–Crippen MR) is 77.2 cm³/mol. The van der Waals surface area contributed by atoms with E-state index in [1.54, 1.807) is 12.4 Å². The van der Waals surface area contributed by atoms with Gasteiger partial charge in [0.15, 0.2) is 0 Å². The lowest BCUT2D eigenvalue weighted by atomic mass is 10.2. The molecule has 2 rings (SSSR count). The molecule has 0 radical (unpaired) electrons.